The molecule has 0 radical (unpaired) electrons. The number of benzene rings is 1. The monoisotopic (exact) mass is 316 g/mol. The Morgan fingerprint density at radius 3 is 2.59 bits per heavy atom. The predicted octanol–water partition coefficient (Wildman–Crippen LogP) is 3.73. The number of carbonyl (C=O) groups excluding carboxylic acids is 1. The van der Waals surface area contributed by atoms with Crippen molar-refractivity contribution in [2.24, 2.45) is 0 Å². The third-order valence-corrected chi connectivity index (χ3v) is 5.02. The van der Waals surface area contributed by atoms with Crippen molar-refractivity contribution in [2.75, 3.05) is 12.4 Å². The second kappa shape index (κ2) is 6.87. The summed E-state index contributed by atoms with van der Waals surface area (Å²) in [5.41, 5.74) is 3.03. The van der Waals surface area contributed by atoms with Crippen LogP contribution in [-0.2, 0) is 0 Å². The standard InChI is InChI=1S/C16H20N4OS/c1-20(16(21)18-15-19-17-11-22-15)14-9-7-13(8-10-14)12-5-3-2-4-6-12/h2-6,11,13-14H,7-10H2,1H3,(H,18,19,21). The Kier molecular flexibility index (Phi) is 4.68. The molecule has 1 heterocycles. The van der Waals surface area contributed by atoms with E-state index in [1.54, 1.807) is 5.51 Å². The summed E-state index contributed by atoms with van der Waals surface area (Å²) >= 11 is 1.33. The van der Waals surface area contributed by atoms with Crippen LogP contribution in [0.25, 0.3) is 0 Å². The fraction of sp³-hybridized carbons (Fsp3) is 0.438. The molecule has 0 saturated heterocycles. The molecule has 1 N–H and O–H groups in total. The normalized spacial score (nSPS) is 21.3. The van der Waals surface area contributed by atoms with E-state index < -0.39 is 0 Å². The summed E-state index contributed by atoms with van der Waals surface area (Å²) in [6.45, 7) is 0. The molecule has 5 nitrogen and oxygen atoms in total. The lowest BCUT2D eigenvalue weighted by atomic mass is 9.81. The first-order chi connectivity index (χ1) is 10.7. The van der Waals surface area contributed by atoms with Gasteiger partial charge in [-0.1, -0.05) is 41.7 Å². The van der Waals surface area contributed by atoms with Gasteiger partial charge in [0.1, 0.15) is 5.51 Å². The summed E-state index contributed by atoms with van der Waals surface area (Å²) in [6, 6.07) is 10.9. The third-order valence-electron chi connectivity index (χ3n) is 4.41. The summed E-state index contributed by atoms with van der Waals surface area (Å²) in [5.74, 6) is 0.622. The van der Waals surface area contributed by atoms with E-state index in [0.717, 1.165) is 25.7 Å². The predicted molar refractivity (Wildman–Crippen MR) is 88.1 cm³/mol. The van der Waals surface area contributed by atoms with Crippen molar-refractivity contribution in [3.8, 4) is 0 Å². The highest BCUT2D eigenvalue weighted by molar-refractivity contribution is 7.13. The fourth-order valence-electron chi connectivity index (χ4n) is 3.09. The van der Waals surface area contributed by atoms with E-state index in [2.05, 4.69) is 45.8 Å². The maximum absolute atomic E-state index is 12.2. The van der Waals surface area contributed by atoms with Crippen LogP contribution in [0.15, 0.2) is 35.8 Å². The Bertz CT molecular complexity index is 594. The average molecular weight is 316 g/mol. The summed E-state index contributed by atoms with van der Waals surface area (Å²) in [6.07, 6.45) is 4.34. The molecule has 1 fully saturated rings. The maximum Gasteiger partial charge on any atom is 0.323 e. The molecule has 0 aliphatic heterocycles. The lowest BCUT2D eigenvalue weighted by Gasteiger charge is -2.34. The maximum atomic E-state index is 12.2. The van der Waals surface area contributed by atoms with Crippen LogP contribution in [0.5, 0.6) is 0 Å². The SMILES string of the molecule is CN(C(=O)Nc1nncs1)C1CCC(c2ccccc2)CC1. The summed E-state index contributed by atoms with van der Waals surface area (Å²) in [7, 11) is 1.86. The topological polar surface area (TPSA) is 58.1 Å². The van der Waals surface area contributed by atoms with Crippen molar-refractivity contribution in [3.63, 3.8) is 0 Å². The van der Waals surface area contributed by atoms with Crippen LogP contribution in [0.4, 0.5) is 9.93 Å². The van der Waals surface area contributed by atoms with E-state index in [1.165, 1.54) is 16.9 Å². The number of hydrogen-bond acceptors (Lipinski definition) is 4. The van der Waals surface area contributed by atoms with Gasteiger partial charge in [-0.2, -0.15) is 0 Å². The number of carbonyl (C=O) groups is 1. The molecule has 2 amide bonds. The summed E-state index contributed by atoms with van der Waals surface area (Å²) < 4.78 is 0. The van der Waals surface area contributed by atoms with Crippen molar-refractivity contribution in [2.45, 2.75) is 37.6 Å². The van der Waals surface area contributed by atoms with Crippen LogP contribution in [0.1, 0.15) is 37.2 Å². The molecule has 1 aliphatic rings. The number of hydrogen-bond donors (Lipinski definition) is 1. The lowest BCUT2D eigenvalue weighted by molar-refractivity contribution is 0.181. The van der Waals surface area contributed by atoms with E-state index in [9.17, 15) is 4.79 Å². The molecular formula is C16H20N4OS. The van der Waals surface area contributed by atoms with Gasteiger partial charge in [0.15, 0.2) is 0 Å². The lowest BCUT2D eigenvalue weighted by Crippen LogP contribution is -2.41. The van der Waals surface area contributed by atoms with Gasteiger partial charge in [-0.3, -0.25) is 5.32 Å². The first kappa shape index (κ1) is 15.0. The number of rotatable bonds is 3. The Balaban J connectivity index is 1.53. The largest absolute Gasteiger partial charge is 0.325 e. The number of anilines is 1. The van der Waals surface area contributed by atoms with Gasteiger partial charge in [-0.25, -0.2) is 4.79 Å². The Morgan fingerprint density at radius 2 is 1.95 bits per heavy atom. The molecule has 22 heavy (non-hydrogen) atoms. The smallest absolute Gasteiger partial charge is 0.323 e. The number of nitrogens with zero attached hydrogens (tertiary/aromatic N) is 3. The van der Waals surface area contributed by atoms with Gasteiger partial charge < -0.3 is 4.90 Å². The van der Waals surface area contributed by atoms with Crippen molar-refractivity contribution in [3.05, 3.63) is 41.4 Å². The number of aromatic nitrogens is 2. The number of urea groups is 1. The van der Waals surface area contributed by atoms with Crippen LogP contribution < -0.4 is 5.32 Å². The van der Waals surface area contributed by atoms with Crippen LogP contribution in [0, 0.1) is 0 Å². The highest BCUT2D eigenvalue weighted by Gasteiger charge is 2.27. The van der Waals surface area contributed by atoms with E-state index in [1.807, 2.05) is 11.9 Å². The van der Waals surface area contributed by atoms with Crippen molar-refractivity contribution < 1.29 is 4.79 Å². The van der Waals surface area contributed by atoms with E-state index in [0.29, 0.717) is 17.1 Å². The van der Waals surface area contributed by atoms with Crippen LogP contribution in [0.3, 0.4) is 0 Å². The van der Waals surface area contributed by atoms with Gasteiger partial charge in [0.05, 0.1) is 0 Å². The van der Waals surface area contributed by atoms with Gasteiger partial charge in [0, 0.05) is 13.1 Å². The van der Waals surface area contributed by atoms with Crippen LogP contribution in [-0.4, -0.2) is 34.2 Å². The first-order valence-electron chi connectivity index (χ1n) is 7.59. The third kappa shape index (κ3) is 3.44. The molecule has 116 valence electrons. The molecule has 1 aromatic heterocycles. The molecule has 3 rings (SSSR count). The average Bonchev–Trinajstić information content (AvgIpc) is 3.08. The zero-order valence-corrected chi connectivity index (χ0v) is 13.4. The summed E-state index contributed by atoms with van der Waals surface area (Å²) in [4.78, 5) is 14.0. The molecule has 2 aromatic rings. The molecular weight excluding hydrogens is 296 g/mol. The zero-order chi connectivity index (χ0) is 15.4. The quantitative estimate of drug-likeness (QED) is 0.938. The highest BCUT2D eigenvalue weighted by Crippen LogP contribution is 2.34. The molecule has 0 bridgehead atoms. The first-order valence-corrected chi connectivity index (χ1v) is 8.47. The fourth-order valence-corrected chi connectivity index (χ4v) is 3.53. The van der Waals surface area contributed by atoms with Gasteiger partial charge in [0.25, 0.3) is 0 Å². The minimum atomic E-state index is -0.0973. The Morgan fingerprint density at radius 1 is 1.23 bits per heavy atom. The number of amides is 2. The van der Waals surface area contributed by atoms with E-state index in [-0.39, 0.29) is 6.03 Å². The van der Waals surface area contributed by atoms with E-state index in [4.69, 9.17) is 0 Å². The van der Waals surface area contributed by atoms with E-state index >= 15 is 0 Å². The van der Waals surface area contributed by atoms with Gasteiger partial charge >= 0.3 is 6.03 Å². The van der Waals surface area contributed by atoms with Crippen molar-refractivity contribution in [1.82, 2.24) is 15.1 Å². The highest BCUT2D eigenvalue weighted by atomic mass is 32.1. The minimum Gasteiger partial charge on any atom is -0.325 e. The Hall–Kier alpha value is -1.95. The van der Waals surface area contributed by atoms with Gasteiger partial charge in [-0.15, -0.1) is 10.2 Å². The molecule has 1 aromatic carbocycles. The van der Waals surface area contributed by atoms with Gasteiger partial charge in [0.2, 0.25) is 5.13 Å². The molecule has 0 unspecified atom stereocenters. The Labute approximate surface area is 134 Å². The molecule has 6 heteroatoms. The van der Waals surface area contributed by atoms with Crippen LogP contribution >= 0.6 is 11.3 Å². The second-order valence-corrected chi connectivity index (χ2v) is 6.53. The van der Waals surface area contributed by atoms with Crippen molar-refractivity contribution >= 4 is 22.5 Å². The zero-order valence-electron chi connectivity index (χ0n) is 12.6. The molecule has 0 atom stereocenters. The van der Waals surface area contributed by atoms with Gasteiger partial charge in [-0.05, 0) is 37.2 Å². The number of nitrogens with one attached hydrogen (secondary N) is 1. The van der Waals surface area contributed by atoms with Crippen LogP contribution in [0.2, 0.25) is 0 Å². The minimum absolute atomic E-state index is 0.0973. The molecule has 1 saturated carbocycles. The molecule has 0 spiro atoms. The second-order valence-electron chi connectivity index (χ2n) is 5.70. The molecule has 1 aliphatic carbocycles. The summed E-state index contributed by atoms with van der Waals surface area (Å²) in [5, 5.41) is 10.9. The van der Waals surface area contributed by atoms with Crippen molar-refractivity contribution in [1.29, 1.82) is 0 Å².